The zero-order valence-corrected chi connectivity index (χ0v) is 17.5. The van der Waals surface area contributed by atoms with Crippen LogP contribution in [0, 0.1) is 13.8 Å². The SMILES string of the molecule is Cc1ccc(NC(=O)c2oc3ccccc3c2NC(=O)c2ccc3c(c2)OCO3)cc1C. The van der Waals surface area contributed by atoms with Gasteiger partial charge in [0.05, 0.1) is 0 Å². The zero-order chi connectivity index (χ0) is 22.2. The molecule has 7 heteroatoms. The monoisotopic (exact) mass is 428 g/mol. The minimum atomic E-state index is -0.453. The number of anilines is 2. The minimum absolute atomic E-state index is 0.0264. The Morgan fingerprint density at radius 3 is 2.47 bits per heavy atom. The van der Waals surface area contributed by atoms with Gasteiger partial charge in [0.15, 0.2) is 11.5 Å². The van der Waals surface area contributed by atoms with Gasteiger partial charge < -0.3 is 24.5 Å². The first-order chi connectivity index (χ1) is 15.5. The number of nitrogens with one attached hydrogen (secondary N) is 2. The van der Waals surface area contributed by atoms with Gasteiger partial charge in [0, 0.05) is 16.6 Å². The van der Waals surface area contributed by atoms with Crippen LogP contribution in [0.5, 0.6) is 11.5 Å². The van der Waals surface area contributed by atoms with Crippen molar-refractivity contribution in [1.82, 2.24) is 0 Å². The van der Waals surface area contributed by atoms with Crippen LogP contribution in [0.3, 0.4) is 0 Å². The molecule has 0 saturated heterocycles. The fourth-order valence-electron chi connectivity index (χ4n) is 3.56. The highest BCUT2D eigenvalue weighted by Gasteiger charge is 2.24. The Labute approximate surface area is 183 Å². The summed E-state index contributed by atoms with van der Waals surface area (Å²) in [7, 11) is 0. The Bertz CT molecular complexity index is 1370. The average molecular weight is 428 g/mol. The van der Waals surface area contributed by atoms with Gasteiger partial charge in [-0.3, -0.25) is 9.59 Å². The van der Waals surface area contributed by atoms with Gasteiger partial charge in [-0.25, -0.2) is 0 Å². The van der Waals surface area contributed by atoms with E-state index < -0.39 is 11.8 Å². The highest BCUT2D eigenvalue weighted by atomic mass is 16.7. The topological polar surface area (TPSA) is 89.8 Å². The number of benzene rings is 3. The average Bonchev–Trinajstić information content (AvgIpc) is 3.40. The molecule has 1 aliphatic heterocycles. The standard InChI is InChI=1S/C25H20N2O5/c1-14-7-9-17(11-15(14)2)26-25(29)23-22(18-5-3-4-6-19(18)32-23)27-24(28)16-8-10-20-21(12-16)31-13-30-20/h3-12H,13H2,1-2H3,(H,26,29)(H,27,28). The molecule has 0 radical (unpaired) electrons. The van der Waals surface area contributed by atoms with E-state index in [1.807, 2.05) is 38.1 Å². The maximum atomic E-state index is 13.1. The van der Waals surface area contributed by atoms with Gasteiger partial charge in [0.25, 0.3) is 11.8 Å². The van der Waals surface area contributed by atoms with Crippen molar-refractivity contribution < 1.29 is 23.5 Å². The molecule has 0 spiro atoms. The van der Waals surface area contributed by atoms with E-state index in [0.717, 1.165) is 11.1 Å². The normalized spacial score (nSPS) is 12.1. The van der Waals surface area contributed by atoms with Crippen LogP contribution < -0.4 is 20.1 Å². The second-order valence-corrected chi connectivity index (χ2v) is 7.58. The molecule has 0 fully saturated rings. The van der Waals surface area contributed by atoms with Crippen LogP contribution in [0.1, 0.15) is 32.0 Å². The number of rotatable bonds is 4. The van der Waals surface area contributed by atoms with Crippen LogP contribution in [0.4, 0.5) is 11.4 Å². The van der Waals surface area contributed by atoms with Crippen molar-refractivity contribution in [3.05, 3.63) is 83.1 Å². The second-order valence-electron chi connectivity index (χ2n) is 7.58. The van der Waals surface area contributed by atoms with Crippen molar-refractivity contribution in [2.45, 2.75) is 13.8 Å². The number of hydrogen-bond donors (Lipinski definition) is 2. The molecule has 3 aromatic carbocycles. The van der Waals surface area contributed by atoms with E-state index in [1.54, 1.807) is 36.4 Å². The van der Waals surface area contributed by atoms with Crippen LogP contribution in [0.2, 0.25) is 0 Å². The van der Waals surface area contributed by atoms with Gasteiger partial charge >= 0.3 is 0 Å². The second kappa shape index (κ2) is 7.77. The van der Waals surface area contributed by atoms with Gasteiger partial charge in [-0.15, -0.1) is 0 Å². The summed E-state index contributed by atoms with van der Waals surface area (Å²) in [6.45, 7) is 4.10. The molecule has 2 amide bonds. The van der Waals surface area contributed by atoms with Crippen LogP contribution in [0.15, 0.2) is 65.1 Å². The number of carbonyl (C=O) groups excluding carboxylic acids is 2. The van der Waals surface area contributed by atoms with E-state index in [4.69, 9.17) is 13.9 Å². The molecule has 1 aliphatic rings. The van der Waals surface area contributed by atoms with Crippen molar-refractivity contribution in [1.29, 1.82) is 0 Å². The molecule has 0 aliphatic carbocycles. The first kappa shape index (κ1) is 19.7. The smallest absolute Gasteiger partial charge is 0.293 e. The lowest BCUT2D eigenvalue weighted by Gasteiger charge is -2.09. The van der Waals surface area contributed by atoms with Gasteiger partial charge in [-0.1, -0.05) is 18.2 Å². The van der Waals surface area contributed by atoms with E-state index in [1.165, 1.54) is 0 Å². The van der Waals surface area contributed by atoms with Crippen LogP contribution in [-0.2, 0) is 0 Å². The lowest BCUT2D eigenvalue weighted by molar-refractivity contribution is 0.0999. The highest BCUT2D eigenvalue weighted by molar-refractivity contribution is 6.17. The fourth-order valence-corrected chi connectivity index (χ4v) is 3.56. The molecule has 5 rings (SSSR count). The Morgan fingerprint density at radius 2 is 1.62 bits per heavy atom. The fraction of sp³-hybridized carbons (Fsp3) is 0.120. The third-order valence-electron chi connectivity index (χ3n) is 5.44. The number of aryl methyl sites for hydroxylation is 2. The number of amides is 2. The Kier molecular flexibility index (Phi) is 4.78. The largest absolute Gasteiger partial charge is 0.454 e. The molecule has 2 heterocycles. The lowest BCUT2D eigenvalue weighted by Crippen LogP contribution is -2.17. The highest BCUT2D eigenvalue weighted by Crippen LogP contribution is 2.34. The molecule has 0 bridgehead atoms. The molecule has 4 aromatic rings. The van der Waals surface area contributed by atoms with Crippen LogP contribution in [0.25, 0.3) is 11.0 Å². The quantitative estimate of drug-likeness (QED) is 0.461. The molecule has 1 aromatic heterocycles. The number of hydrogen-bond acceptors (Lipinski definition) is 5. The lowest BCUT2D eigenvalue weighted by atomic mass is 10.1. The molecule has 0 saturated carbocycles. The Hall–Kier alpha value is -4.26. The number of fused-ring (bicyclic) bond motifs is 2. The van der Waals surface area contributed by atoms with Gasteiger partial charge in [-0.2, -0.15) is 0 Å². The van der Waals surface area contributed by atoms with Crippen molar-refractivity contribution in [2.24, 2.45) is 0 Å². The summed E-state index contributed by atoms with van der Waals surface area (Å²) in [5.41, 5.74) is 4.02. The summed E-state index contributed by atoms with van der Waals surface area (Å²) < 4.78 is 16.5. The first-order valence-corrected chi connectivity index (χ1v) is 10.1. The maximum Gasteiger partial charge on any atom is 0.293 e. The number of para-hydroxylation sites is 1. The third-order valence-corrected chi connectivity index (χ3v) is 5.44. The number of ether oxygens (including phenoxy) is 2. The molecule has 160 valence electrons. The molecular weight excluding hydrogens is 408 g/mol. The molecule has 0 atom stereocenters. The van der Waals surface area contributed by atoms with E-state index in [0.29, 0.717) is 39.4 Å². The van der Waals surface area contributed by atoms with E-state index in [9.17, 15) is 9.59 Å². The van der Waals surface area contributed by atoms with Crippen LogP contribution >= 0.6 is 0 Å². The van der Waals surface area contributed by atoms with Crippen molar-refractivity contribution >= 4 is 34.2 Å². The summed E-state index contributed by atoms with van der Waals surface area (Å²) in [5, 5.41) is 6.32. The number of furan rings is 1. The predicted octanol–water partition coefficient (Wildman–Crippen LogP) is 5.28. The van der Waals surface area contributed by atoms with Crippen LogP contribution in [-0.4, -0.2) is 18.6 Å². The van der Waals surface area contributed by atoms with Gasteiger partial charge in [-0.05, 0) is 67.4 Å². The molecular formula is C25H20N2O5. The summed E-state index contributed by atoms with van der Waals surface area (Å²) in [6.07, 6.45) is 0. The van der Waals surface area contributed by atoms with Crippen molar-refractivity contribution in [2.75, 3.05) is 17.4 Å². The summed E-state index contributed by atoms with van der Waals surface area (Å²) in [4.78, 5) is 26.1. The Morgan fingerprint density at radius 1 is 0.812 bits per heavy atom. The molecule has 32 heavy (non-hydrogen) atoms. The molecule has 0 unspecified atom stereocenters. The van der Waals surface area contributed by atoms with Gasteiger partial charge in [0.2, 0.25) is 12.6 Å². The molecule has 7 nitrogen and oxygen atoms in total. The first-order valence-electron chi connectivity index (χ1n) is 10.1. The third kappa shape index (κ3) is 3.54. The predicted molar refractivity (Wildman–Crippen MR) is 121 cm³/mol. The zero-order valence-electron chi connectivity index (χ0n) is 17.5. The van der Waals surface area contributed by atoms with E-state index in [-0.39, 0.29) is 12.6 Å². The summed E-state index contributed by atoms with van der Waals surface area (Å²) in [6, 6.07) is 17.7. The summed E-state index contributed by atoms with van der Waals surface area (Å²) >= 11 is 0. The van der Waals surface area contributed by atoms with Gasteiger partial charge in [0.1, 0.15) is 11.3 Å². The summed E-state index contributed by atoms with van der Waals surface area (Å²) in [5.74, 6) is 0.269. The molecule has 2 N–H and O–H groups in total. The number of carbonyl (C=O) groups is 2. The van der Waals surface area contributed by atoms with Crippen molar-refractivity contribution in [3.8, 4) is 11.5 Å². The van der Waals surface area contributed by atoms with E-state index in [2.05, 4.69) is 10.6 Å². The minimum Gasteiger partial charge on any atom is -0.454 e. The van der Waals surface area contributed by atoms with Crippen molar-refractivity contribution in [3.63, 3.8) is 0 Å². The van der Waals surface area contributed by atoms with E-state index >= 15 is 0 Å². The Balaban J connectivity index is 1.48. The maximum absolute atomic E-state index is 13.1.